The van der Waals surface area contributed by atoms with E-state index in [1.165, 1.54) is 11.8 Å². The molecule has 4 aromatic rings. The zero-order valence-corrected chi connectivity index (χ0v) is 19.8. The Labute approximate surface area is 208 Å². The highest BCUT2D eigenvalue weighted by Gasteiger charge is 2.25. The van der Waals surface area contributed by atoms with Gasteiger partial charge < -0.3 is 14.5 Å². The van der Waals surface area contributed by atoms with Crippen LogP contribution in [-0.2, 0) is 17.6 Å². The topological polar surface area (TPSA) is 88.2 Å². The molecule has 0 saturated heterocycles. The van der Waals surface area contributed by atoms with E-state index >= 15 is 0 Å². The number of fused-ring (bicyclic) bond motifs is 1. The van der Waals surface area contributed by atoms with Crippen LogP contribution in [0.4, 0.5) is 5.69 Å². The number of benzene rings is 2. The molecule has 0 spiro atoms. The molecule has 0 saturated carbocycles. The van der Waals surface area contributed by atoms with Crippen LogP contribution < -0.4 is 10.1 Å². The highest BCUT2D eigenvalue weighted by atomic mass is 32.2. The van der Waals surface area contributed by atoms with Crippen LogP contribution in [0.25, 0.3) is 11.3 Å². The van der Waals surface area contributed by atoms with Crippen molar-refractivity contribution in [3.63, 3.8) is 0 Å². The predicted molar refractivity (Wildman–Crippen MR) is 136 cm³/mol. The molecule has 5 rings (SSSR count). The molecular formula is C28H23N3O3S. The van der Waals surface area contributed by atoms with Crippen LogP contribution in [0.3, 0.4) is 0 Å². The van der Waals surface area contributed by atoms with Crippen molar-refractivity contribution in [3.8, 4) is 28.9 Å². The SMILES string of the molecule is N#Cc1c(SCC(=O)Nc2ccc(Oc3ccccc3)cc2)nc2c(c1-c1ccco1)CCCC2. The number of nitrogens with one attached hydrogen (secondary N) is 1. The average Bonchev–Trinajstić information content (AvgIpc) is 3.43. The molecule has 1 N–H and O–H groups in total. The summed E-state index contributed by atoms with van der Waals surface area (Å²) in [5, 5.41) is 13.4. The maximum Gasteiger partial charge on any atom is 0.234 e. The fourth-order valence-electron chi connectivity index (χ4n) is 4.18. The second-order valence-electron chi connectivity index (χ2n) is 8.16. The maximum absolute atomic E-state index is 12.7. The third kappa shape index (κ3) is 5.23. The summed E-state index contributed by atoms with van der Waals surface area (Å²) in [6.45, 7) is 0. The van der Waals surface area contributed by atoms with Gasteiger partial charge in [0.15, 0.2) is 0 Å². The van der Waals surface area contributed by atoms with E-state index in [4.69, 9.17) is 14.1 Å². The van der Waals surface area contributed by atoms with Crippen LogP contribution in [0, 0.1) is 11.3 Å². The fourth-order valence-corrected chi connectivity index (χ4v) is 4.99. The summed E-state index contributed by atoms with van der Waals surface area (Å²) in [6.07, 6.45) is 5.49. The van der Waals surface area contributed by atoms with Gasteiger partial charge in [-0.05, 0) is 79.8 Å². The Balaban J connectivity index is 1.28. The molecule has 0 atom stereocenters. The molecule has 35 heavy (non-hydrogen) atoms. The van der Waals surface area contributed by atoms with Gasteiger partial charge in [0.1, 0.15) is 28.4 Å². The molecule has 2 aromatic heterocycles. The molecule has 0 radical (unpaired) electrons. The Morgan fingerprint density at radius 1 is 1.03 bits per heavy atom. The summed E-state index contributed by atoms with van der Waals surface area (Å²) in [4.78, 5) is 17.5. The van der Waals surface area contributed by atoms with Crippen LogP contribution in [-0.4, -0.2) is 16.6 Å². The lowest BCUT2D eigenvalue weighted by atomic mass is 9.89. The Morgan fingerprint density at radius 2 is 1.80 bits per heavy atom. The summed E-state index contributed by atoms with van der Waals surface area (Å²) in [6, 6.07) is 22.7. The number of carbonyl (C=O) groups excluding carboxylic acids is 1. The van der Waals surface area contributed by atoms with Gasteiger partial charge in [-0.1, -0.05) is 30.0 Å². The van der Waals surface area contributed by atoms with Crippen molar-refractivity contribution in [1.29, 1.82) is 5.26 Å². The second kappa shape index (κ2) is 10.5. The second-order valence-corrected chi connectivity index (χ2v) is 9.13. The number of rotatable bonds is 7. The van der Waals surface area contributed by atoms with E-state index in [0.717, 1.165) is 48.3 Å². The van der Waals surface area contributed by atoms with Crippen LogP contribution in [0.1, 0.15) is 29.7 Å². The van der Waals surface area contributed by atoms with Gasteiger partial charge in [-0.15, -0.1) is 0 Å². The summed E-state index contributed by atoms with van der Waals surface area (Å²) in [7, 11) is 0. The minimum atomic E-state index is -0.172. The van der Waals surface area contributed by atoms with Gasteiger partial charge in [-0.3, -0.25) is 4.79 Å². The number of hydrogen-bond donors (Lipinski definition) is 1. The molecule has 1 aliphatic carbocycles. The first kappa shape index (κ1) is 22.8. The van der Waals surface area contributed by atoms with E-state index in [2.05, 4.69) is 11.4 Å². The Hall–Kier alpha value is -4.02. The number of aromatic nitrogens is 1. The number of ether oxygens (including phenoxy) is 1. The standard InChI is InChI=1S/C28H23N3O3S/c29-17-23-27(25-11-6-16-33-25)22-9-4-5-10-24(22)31-28(23)35-18-26(32)30-19-12-14-21(15-13-19)34-20-7-2-1-3-8-20/h1-3,6-8,11-16H,4-5,9-10,18H2,(H,30,32). The molecule has 6 nitrogen and oxygen atoms in total. The van der Waals surface area contributed by atoms with Gasteiger partial charge in [0.2, 0.25) is 5.91 Å². The summed E-state index contributed by atoms with van der Waals surface area (Å²) < 4.78 is 11.5. The van der Waals surface area contributed by atoms with Gasteiger partial charge in [0.25, 0.3) is 0 Å². The molecule has 7 heteroatoms. The largest absolute Gasteiger partial charge is 0.464 e. The number of pyridine rings is 1. The predicted octanol–water partition coefficient (Wildman–Crippen LogP) is 6.62. The smallest absolute Gasteiger partial charge is 0.234 e. The number of anilines is 1. The van der Waals surface area contributed by atoms with E-state index in [1.54, 1.807) is 18.4 Å². The zero-order valence-electron chi connectivity index (χ0n) is 19.0. The summed E-state index contributed by atoms with van der Waals surface area (Å²) in [5.41, 5.74) is 4.05. The lowest BCUT2D eigenvalue weighted by Crippen LogP contribution is -2.15. The quantitative estimate of drug-likeness (QED) is 0.299. The zero-order chi connectivity index (χ0) is 24.0. The average molecular weight is 482 g/mol. The molecule has 0 unspecified atom stereocenters. The highest BCUT2D eigenvalue weighted by molar-refractivity contribution is 8.00. The third-order valence-corrected chi connectivity index (χ3v) is 6.75. The molecule has 0 bridgehead atoms. The van der Waals surface area contributed by atoms with Crippen molar-refractivity contribution in [2.24, 2.45) is 0 Å². The number of carbonyl (C=O) groups is 1. The molecule has 0 aliphatic heterocycles. The first-order valence-electron chi connectivity index (χ1n) is 11.5. The fraction of sp³-hybridized carbons (Fsp3) is 0.179. The molecule has 0 fully saturated rings. The number of para-hydroxylation sites is 1. The minimum Gasteiger partial charge on any atom is -0.464 e. The highest BCUT2D eigenvalue weighted by Crippen LogP contribution is 2.38. The Bertz CT molecular complexity index is 1360. The third-order valence-electron chi connectivity index (χ3n) is 5.78. The van der Waals surface area contributed by atoms with Gasteiger partial charge in [0, 0.05) is 16.9 Å². The monoisotopic (exact) mass is 481 g/mol. The lowest BCUT2D eigenvalue weighted by molar-refractivity contribution is -0.113. The van der Waals surface area contributed by atoms with Gasteiger partial charge >= 0.3 is 0 Å². The first-order chi connectivity index (χ1) is 17.2. The molecule has 2 aromatic carbocycles. The van der Waals surface area contributed by atoms with Crippen LogP contribution in [0.5, 0.6) is 11.5 Å². The van der Waals surface area contributed by atoms with E-state index in [9.17, 15) is 10.1 Å². The maximum atomic E-state index is 12.7. The van der Waals surface area contributed by atoms with Gasteiger partial charge in [0.05, 0.1) is 17.6 Å². The van der Waals surface area contributed by atoms with Crippen molar-refractivity contribution in [3.05, 3.63) is 89.8 Å². The van der Waals surface area contributed by atoms with Crippen molar-refractivity contribution < 1.29 is 13.9 Å². The number of nitriles is 1. The first-order valence-corrected chi connectivity index (χ1v) is 12.4. The van der Waals surface area contributed by atoms with Crippen LogP contribution in [0.2, 0.25) is 0 Å². The number of aryl methyl sites for hydroxylation is 1. The van der Waals surface area contributed by atoms with E-state index < -0.39 is 0 Å². The molecule has 2 heterocycles. The van der Waals surface area contributed by atoms with Crippen molar-refractivity contribution >= 4 is 23.4 Å². The lowest BCUT2D eigenvalue weighted by Gasteiger charge is -2.20. The minimum absolute atomic E-state index is 0.139. The summed E-state index contributed by atoms with van der Waals surface area (Å²) in [5.74, 6) is 2.08. The van der Waals surface area contributed by atoms with Gasteiger partial charge in [-0.2, -0.15) is 5.26 Å². The van der Waals surface area contributed by atoms with Gasteiger partial charge in [-0.25, -0.2) is 4.98 Å². The van der Waals surface area contributed by atoms with E-state index in [1.807, 2.05) is 54.6 Å². The molecule has 174 valence electrons. The number of nitrogens with zero attached hydrogens (tertiary/aromatic N) is 2. The van der Waals surface area contributed by atoms with Crippen molar-refractivity contribution in [2.45, 2.75) is 30.7 Å². The number of hydrogen-bond acceptors (Lipinski definition) is 6. The molecule has 1 aliphatic rings. The van der Waals surface area contributed by atoms with Crippen LogP contribution >= 0.6 is 11.8 Å². The number of furan rings is 1. The Kier molecular flexibility index (Phi) is 6.82. The number of amides is 1. The number of thioether (sulfide) groups is 1. The molecule has 1 amide bonds. The van der Waals surface area contributed by atoms with Crippen LogP contribution in [0.15, 0.2) is 82.4 Å². The normalized spacial score (nSPS) is 12.4. The van der Waals surface area contributed by atoms with Crippen molar-refractivity contribution in [1.82, 2.24) is 4.98 Å². The molecular weight excluding hydrogens is 458 g/mol. The van der Waals surface area contributed by atoms with E-state index in [-0.39, 0.29) is 11.7 Å². The van der Waals surface area contributed by atoms with Crippen molar-refractivity contribution in [2.75, 3.05) is 11.1 Å². The Morgan fingerprint density at radius 3 is 2.54 bits per heavy atom. The van der Waals surface area contributed by atoms with E-state index in [0.29, 0.717) is 27.8 Å². The summed E-state index contributed by atoms with van der Waals surface area (Å²) >= 11 is 1.28.